The number of phenols is 1. The fraction of sp³-hybridized carbons (Fsp3) is 0.235. The predicted octanol–water partition coefficient (Wildman–Crippen LogP) is 3.53. The molecule has 0 amide bonds. The summed E-state index contributed by atoms with van der Waals surface area (Å²) in [4.78, 5) is 10.9. The van der Waals surface area contributed by atoms with Crippen LogP contribution in [0.2, 0.25) is 0 Å². The van der Waals surface area contributed by atoms with E-state index >= 15 is 0 Å². The molecule has 0 radical (unpaired) electrons. The molecule has 0 atom stereocenters. The minimum atomic E-state index is -0.393. The van der Waals surface area contributed by atoms with Crippen molar-refractivity contribution in [1.82, 2.24) is 0 Å². The van der Waals surface area contributed by atoms with E-state index in [4.69, 9.17) is 4.74 Å². The molecule has 20 heavy (non-hydrogen) atoms. The zero-order chi connectivity index (χ0) is 14.7. The standard InChI is InChI=1S/C17H18O3/c1-11-4-6-14(7-5-11)9-16-12(2)8-15(10-17(16)19)20-13(3)18/h4-8,10,19H,9H2,1-3H3. The molecule has 0 unspecified atom stereocenters. The van der Waals surface area contributed by atoms with E-state index in [1.54, 1.807) is 6.07 Å². The Morgan fingerprint density at radius 1 is 1.15 bits per heavy atom. The van der Waals surface area contributed by atoms with Gasteiger partial charge in [-0.1, -0.05) is 29.8 Å². The number of carbonyl (C=O) groups excluding carboxylic acids is 1. The van der Waals surface area contributed by atoms with Gasteiger partial charge in [-0.05, 0) is 31.0 Å². The van der Waals surface area contributed by atoms with Crippen LogP contribution in [0.1, 0.15) is 29.2 Å². The molecule has 2 aromatic carbocycles. The zero-order valence-electron chi connectivity index (χ0n) is 11.9. The first-order chi connectivity index (χ1) is 9.45. The van der Waals surface area contributed by atoms with Crippen LogP contribution in [0, 0.1) is 13.8 Å². The number of carbonyl (C=O) groups is 1. The van der Waals surface area contributed by atoms with Crippen LogP contribution in [0.3, 0.4) is 0 Å². The van der Waals surface area contributed by atoms with E-state index in [9.17, 15) is 9.90 Å². The molecule has 0 aliphatic carbocycles. The Hall–Kier alpha value is -2.29. The molecule has 2 rings (SSSR count). The number of aromatic hydroxyl groups is 1. The molecular formula is C17H18O3. The molecule has 0 saturated carbocycles. The smallest absolute Gasteiger partial charge is 0.308 e. The number of ether oxygens (including phenoxy) is 1. The summed E-state index contributed by atoms with van der Waals surface area (Å²) in [5, 5.41) is 10.1. The Morgan fingerprint density at radius 3 is 2.35 bits per heavy atom. The number of phenolic OH excluding ortho intramolecular Hbond substituents is 1. The molecule has 3 heteroatoms. The number of hydrogen-bond acceptors (Lipinski definition) is 3. The molecule has 0 fully saturated rings. The molecule has 0 aliphatic heterocycles. The lowest BCUT2D eigenvalue weighted by Gasteiger charge is -2.11. The van der Waals surface area contributed by atoms with Gasteiger partial charge >= 0.3 is 5.97 Å². The Kier molecular flexibility index (Phi) is 4.08. The Balaban J connectivity index is 2.28. The number of esters is 1. The monoisotopic (exact) mass is 270 g/mol. The molecule has 3 nitrogen and oxygen atoms in total. The lowest BCUT2D eigenvalue weighted by Crippen LogP contribution is -2.02. The van der Waals surface area contributed by atoms with Gasteiger partial charge in [0.2, 0.25) is 0 Å². The van der Waals surface area contributed by atoms with Crippen LogP contribution in [0.5, 0.6) is 11.5 Å². The third kappa shape index (κ3) is 3.38. The van der Waals surface area contributed by atoms with Gasteiger partial charge in [0.05, 0.1) is 0 Å². The fourth-order valence-electron chi connectivity index (χ4n) is 2.13. The van der Waals surface area contributed by atoms with Crippen molar-refractivity contribution in [1.29, 1.82) is 0 Å². The minimum Gasteiger partial charge on any atom is -0.508 e. The fourth-order valence-corrected chi connectivity index (χ4v) is 2.13. The molecule has 0 spiro atoms. The van der Waals surface area contributed by atoms with E-state index in [1.807, 2.05) is 26.0 Å². The molecule has 1 N–H and O–H groups in total. The first kappa shape index (κ1) is 14.1. The molecule has 0 heterocycles. The number of rotatable bonds is 3. The SMILES string of the molecule is CC(=O)Oc1cc(C)c(Cc2ccc(C)cc2)c(O)c1. The summed E-state index contributed by atoms with van der Waals surface area (Å²) < 4.78 is 5.00. The predicted molar refractivity (Wildman–Crippen MR) is 78.1 cm³/mol. The van der Waals surface area contributed by atoms with Crippen molar-refractivity contribution in [2.75, 3.05) is 0 Å². The van der Waals surface area contributed by atoms with Crippen LogP contribution in [0.25, 0.3) is 0 Å². The van der Waals surface area contributed by atoms with Crippen LogP contribution in [0.15, 0.2) is 36.4 Å². The first-order valence-electron chi connectivity index (χ1n) is 6.52. The second kappa shape index (κ2) is 5.78. The Morgan fingerprint density at radius 2 is 1.80 bits per heavy atom. The quantitative estimate of drug-likeness (QED) is 0.685. The normalized spacial score (nSPS) is 10.3. The highest BCUT2D eigenvalue weighted by molar-refractivity contribution is 5.69. The van der Waals surface area contributed by atoms with Crippen LogP contribution >= 0.6 is 0 Å². The summed E-state index contributed by atoms with van der Waals surface area (Å²) in [6, 6.07) is 11.5. The van der Waals surface area contributed by atoms with Crippen LogP contribution in [-0.4, -0.2) is 11.1 Å². The minimum absolute atomic E-state index is 0.154. The van der Waals surface area contributed by atoms with E-state index in [0.29, 0.717) is 12.2 Å². The highest BCUT2D eigenvalue weighted by atomic mass is 16.5. The largest absolute Gasteiger partial charge is 0.508 e. The van der Waals surface area contributed by atoms with Gasteiger partial charge in [0.1, 0.15) is 11.5 Å². The maximum absolute atomic E-state index is 10.9. The van der Waals surface area contributed by atoms with E-state index < -0.39 is 5.97 Å². The van der Waals surface area contributed by atoms with Gasteiger partial charge in [0.15, 0.2) is 0 Å². The molecule has 0 saturated heterocycles. The van der Waals surface area contributed by atoms with Crippen molar-refractivity contribution in [3.05, 3.63) is 58.7 Å². The van der Waals surface area contributed by atoms with Crippen molar-refractivity contribution in [2.45, 2.75) is 27.2 Å². The molecule has 104 valence electrons. The topological polar surface area (TPSA) is 46.5 Å². The summed E-state index contributed by atoms with van der Waals surface area (Å²) in [5.41, 5.74) is 4.10. The third-order valence-electron chi connectivity index (χ3n) is 3.19. The van der Waals surface area contributed by atoms with Gasteiger partial charge in [0, 0.05) is 25.0 Å². The van der Waals surface area contributed by atoms with Crippen molar-refractivity contribution < 1.29 is 14.6 Å². The average molecular weight is 270 g/mol. The Bertz CT molecular complexity index is 604. The van der Waals surface area contributed by atoms with E-state index in [1.165, 1.54) is 18.6 Å². The number of aryl methyl sites for hydroxylation is 2. The number of benzene rings is 2. The van der Waals surface area contributed by atoms with Gasteiger partial charge < -0.3 is 9.84 Å². The van der Waals surface area contributed by atoms with Crippen LogP contribution < -0.4 is 4.74 Å². The maximum Gasteiger partial charge on any atom is 0.308 e. The lowest BCUT2D eigenvalue weighted by molar-refractivity contribution is -0.131. The van der Waals surface area contributed by atoms with Crippen LogP contribution in [-0.2, 0) is 11.2 Å². The van der Waals surface area contributed by atoms with Crippen LogP contribution in [0.4, 0.5) is 0 Å². The molecule has 2 aromatic rings. The van der Waals surface area contributed by atoms with E-state index in [2.05, 4.69) is 12.1 Å². The summed E-state index contributed by atoms with van der Waals surface area (Å²) in [7, 11) is 0. The zero-order valence-corrected chi connectivity index (χ0v) is 11.9. The van der Waals surface area contributed by atoms with Crippen molar-refractivity contribution in [3.63, 3.8) is 0 Å². The second-order valence-corrected chi connectivity index (χ2v) is 4.99. The van der Waals surface area contributed by atoms with Gasteiger partial charge in [-0.2, -0.15) is 0 Å². The lowest BCUT2D eigenvalue weighted by atomic mass is 9.98. The molecule has 0 aliphatic rings. The average Bonchev–Trinajstić information content (AvgIpc) is 2.35. The molecule has 0 bridgehead atoms. The molecule has 0 aromatic heterocycles. The summed E-state index contributed by atoms with van der Waals surface area (Å²) in [5.74, 6) is 0.136. The molecular weight excluding hydrogens is 252 g/mol. The maximum atomic E-state index is 10.9. The van der Waals surface area contributed by atoms with Crippen molar-refractivity contribution in [3.8, 4) is 11.5 Å². The summed E-state index contributed by atoms with van der Waals surface area (Å²) >= 11 is 0. The summed E-state index contributed by atoms with van der Waals surface area (Å²) in [6.07, 6.45) is 0.651. The van der Waals surface area contributed by atoms with Gasteiger partial charge in [-0.25, -0.2) is 0 Å². The summed E-state index contributed by atoms with van der Waals surface area (Å²) in [6.45, 7) is 5.28. The van der Waals surface area contributed by atoms with Crippen molar-refractivity contribution >= 4 is 5.97 Å². The highest BCUT2D eigenvalue weighted by Gasteiger charge is 2.10. The van der Waals surface area contributed by atoms with Gasteiger partial charge in [-0.3, -0.25) is 4.79 Å². The highest BCUT2D eigenvalue weighted by Crippen LogP contribution is 2.29. The third-order valence-corrected chi connectivity index (χ3v) is 3.19. The van der Waals surface area contributed by atoms with E-state index in [0.717, 1.165) is 16.7 Å². The van der Waals surface area contributed by atoms with Gasteiger partial charge in [0.25, 0.3) is 0 Å². The number of hydrogen-bond donors (Lipinski definition) is 1. The van der Waals surface area contributed by atoms with E-state index in [-0.39, 0.29) is 5.75 Å². The first-order valence-corrected chi connectivity index (χ1v) is 6.52. The Labute approximate surface area is 118 Å². The van der Waals surface area contributed by atoms with Gasteiger partial charge in [-0.15, -0.1) is 0 Å². The van der Waals surface area contributed by atoms with Crippen molar-refractivity contribution in [2.24, 2.45) is 0 Å². The second-order valence-electron chi connectivity index (χ2n) is 4.99.